The predicted octanol–water partition coefficient (Wildman–Crippen LogP) is 1.27. The highest BCUT2D eigenvalue weighted by atomic mass is 32.2. The smallest absolute Gasteiger partial charge is 0.218 e. The highest BCUT2D eigenvalue weighted by Crippen LogP contribution is 2.30. The van der Waals surface area contributed by atoms with Crippen LogP contribution in [0.3, 0.4) is 0 Å². The van der Waals surface area contributed by atoms with Gasteiger partial charge in [-0.25, -0.2) is 12.7 Å². The Morgan fingerprint density at radius 3 is 2.52 bits per heavy atom. The first-order valence-corrected chi connectivity index (χ1v) is 9.11. The molecule has 2 aliphatic heterocycles. The Morgan fingerprint density at radius 2 is 1.81 bits per heavy atom. The fraction of sp³-hybridized carbons (Fsp3) is 0.600. The number of nitrogens with zero attached hydrogens (tertiary/aromatic N) is 2. The summed E-state index contributed by atoms with van der Waals surface area (Å²) in [5, 5.41) is 0. The molecule has 1 aromatic rings. The van der Waals surface area contributed by atoms with Crippen molar-refractivity contribution in [2.75, 3.05) is 25.9 Å². The number of anilines is 1. The van der Waals surface area contributed by atoms with Crippen LogP contribution in [0.1, 0.15) is 24.8 Å². The van der Waals surface area contributed by atoms with Gasteiger partial charge in [-0.15, -0.1) is 0 Å². The van der Waals surface area contributed by atoms with Crippen molar-refractivity contribution in [3.8, 4) is 0 Å². The third kappa shape index (κ3) is 3.07. The van der Waals surface area contributed by atoms with Gasteiger partial charge in [0.2, 0.25) is 10.0 Å². The summed E-state index contributed by atoms with van der Waals surface area (Å²) in [7, 11) is -1.13. The maximum atomic E-state index is 12.7. The number of nitrogens with two attached hydrogens (primary N) is 1. The molecule has 0 aliphatic carbocycles. The lowest BCUT2D eigenvalue weighted by Gasteiger charge is -2.25. The van der Waals surface area contributed by atoms with Crippen molar-refractivity contribution >= 4 is 15.7 Å². The molecule has 0 amide bonds. The number of sulfonamides is 1. The van der Waals surface area contributed by atoms with Crippen molar-refractivity contribution in [2.45, 2.75) is 37.1 Å². The molecule has 2 heterocycles. The van der Waals surface area contributed by atoms with Crippen LogP contribution >= 0.6 is 0 Å². The highest BCUT2D eigenvalue weighted by Gasteiger charge is 2.38. The van der Waals surface area contributed by atoms with Gasteiger partial charge in [-0.1, -0.05) is 12.1 Å². The molecule has 0 radical (unpaired) electrons. The Labute approximate surface area is 126 Å². The molecule has 21 heavy (non-hydrogen) atoms. The predicted molar refractivity (Wildman–Crippen MR) is 84.2 cm³/mol. The van der Waals surface area contributed by atoms with Crippen LogP contribution in [0.2, 0.25) is 0 Å². The van der Waals surface area contributed by atoms with Gasteiger partial charge in [0.1, 0.15) is 0 Å². The van der Waals surface area contributed by atoms with Crippen LogP contribution in [0.25, 0.3) is 0 Å². The zero-order chi connectivity index (χ0) is 15.0. The summed E-state index contributed by atoms with van der Waals surface area (Å²) >= 11 is 0. The summed E-state index contributed by atoms with van der Waals surface area (Å²) in [5.41, 5.74) is 7.10. The van der Waals surface area contributed by atoms with Crippen LogP contribution in [-0.2, 0) is 15.8 Å². The van der Waals surface area contributed by atoms with E-state index >= 15 is 0 Å². The monoisotopic (exact) mass is 309 g/mol. The van der Waals surface area contributed by atoms with E-state index in [-0.39, 0.29) is 5.75 Å². The minimum absolute atomic E-state index is 0.0639. The summed E-state index contributed by atoms with van der Waals surface area (Å²) in [4.78, 5) is 2.36. The van der Waals surface area contributed by atoms with Crippen molar-refractivity contribution in [1.29, 1.82) is 0 Å². The second kappa shape index (κ2) is 5.59. The van der Waals surface area contributed by atoms with Crippen molar-refractivity contribution < 1.29 is 8.42 Å². The fourth-order valence-electron chi connectivity index (χ4n) is 3.45. The Morgan fingerprint density at radius 1 is 1.14 bits per heavy atom. The Balaban J connectivity index is 1.74. The van der Waals surface area contributed by atoms with E-state index in [1.165, 1.54) is 6.42 Å². The number of likely N-dealkylation sites (N-methyl/N-ethyl adjacent to an activating group) is 1. The molecule has 3 rings (SSSR count). The SMILES string of the molecule is CN1C2CCC1CN(S(=O)(=O)Cc1ccc(N)cc1)CC2. The zero-order valence-electron chi connectivity index (χ0n) is 12.4. The molecule has 2 fully saturated rings. The molecular formula is C15H23N3O2S. The Kier molecular flexibility index (Phi) is 3.94. The number of nitrogen functional groups attached to an aromatic ring is 1. The molecule has 1 aromatic carbocycles. The lowest BCUT2D eigenvalue weighted by Crippen LogP contribution is -2.40. The Bertz CT molecular complexity index is 600. The highest BCUT2D eigenvalue weighted by molar-refractivity contribution is 7.88. The van der Waals surface area contributed by atoms with Crippen LogP contribution < -0.4 is 5.73 Å². The number of benzene rings is 1. The molecule has 6 heteroatoms. The quantitative estimate of drug-likeness (QED) is 0.854. The van der Waals surface area contributed by atoms with E-state index in [0.29, 0.717) is 30.9 Å². The van der Waals surface area contributed by atoms with Crippen molar-refractivity contribution in [1.82, 2.24) is 9.21 Å². The van der Waals surface area contributed by atoms with Gasteiger partial charge in [-0.2, -0.15) is 0 Å². The van der Waals surface area contributed by atoms with E-state index in [1.807, 2.05) is 0 Å². The van der Waals surface area contributed by atoms with Gasteiger partial charge in [-0.05, 0) is 44.0 Å². The van der Waals surface area contributed by atoms with Crippen LogP contribution in [0.5, 0.6) is 0 Å². The molecule has 116 valence electrons. The van der Waals surface area contributed by atoms with Gasteiger partial charge in [0.05, 0.1) is 5.75 Å². The molecule has 5 nitrogen and oxygen atoms in total. The Hall–Kier alpha value is -1.11. The fourth-order valence-corrected chi connectivity index (χ4v) is 5.03. The van der Waals surface area contributed by atoms with Gasteiger partial charge in [0.25, 0.3) is 0 Å². The average Bonchev–Trinajstić information content (AvgIpc) is 2.65. The van der Waals surface area contributed by atoms with E-state index in [4.69, 9.17) is 5.73 Å². The van der Waals surface area contributed by atoms with Crippen molar-refractivity contribution in [3.63, 3.8) is 0 Å². The normalized spacial score (nSPS) is 27.7. The van der Waals surface area contributed by atoms with Crippen LogP contribution in [0, 0.1) is 0 Å². The number of hydrogen-bond acceptors (Lipinski definition) is 4. The number of hydrogen-bond donors (Lipinski definition) is 1. The average molecular weight is 309 g/mol. The first-order chi connectivity index (χ1) is 9.95. The molecule has 2 bridgehead atoms. The summed E-state index contributed by atoms with van der Waals surface area (Å²) in [5.74, 6) is 0.0639. The second-order valence-corrected chi connectivity index (χ2v) is 8.16. The molecular weight excluding hydrogens is 286 g/mol. The summed E-state index contributed by atoms with van der Waals surface area (Å²) in [6.07, 6.45) is 3.25. The van der Waals surface area contributed by atoms with Gasteiger partial charge < -0.3 is 5.73 Å². The van der Waals surface area contributed by atoms with Gasteiger partial charge in [0.15, 0.2) is 0 Å². The van der Waals surface area contributed by atoms with E-state index in [9.17, 15) is 8.42 Å². The molecule has 0 spiro atoms. The number of rotatable bonds is 3. The molecule has 0 saturated carbocycles. The third-order valence-corrected chi connectivity index (χ3v) is 6.65. The van der Waals surface area contributed by atoms with E-state index in [1.54, 1.807) is 28.6 Å². The molecule has 2 atom stereocenters. The third-order valence-electron chi connectivity index (χ3n) is 4.83. The summed E-state index contributed by atoms with van der Waals surface area (Å²) < 4.78 is 27.0. The molecule has 2 unspecified atom stereocenters. The van der Waals surface area contributed by atoms with Crippen molar-refractivity contribution in [2.24, 2.45) is 0 Å². The van der Waals surface area contributed by atoms with Crippen LogP contribution in [0.15, 0.2) is 24.3 Å². The zero-order valence-corrected chi connectivity index (χ0v) is 13.2. The lowest BCUT2D eigenvalue weighted by atomic mass is 10.1. The second-order valence-electron chi connectivity index (χ2n) is 6.19. The number of fused-ring (bicyclic) bond motifs is 2. The van der Waals surface area contributed by atoms with Gasteiger partial charge in [-0.3, -0.25) is 4.90 Å². The standard InChI is InChI=1S/C15H23N3O2S/c1-17-14-6-7-15(17)10-18(9-8-14)21(19,20)11-12-2-4-13(16)5-3-12/h2-5,14-15H,6-11,16H2,1H3. The molecule has 2 saturated heterocycles. The van der Waals surface area contributed by atoms with Crippen molar-refractivity contribution in [3.05, 3.63) is 29.8 Å². The minimum atomic E-state index is -3.25. The van der Waals surface area contributed by atoms with Gasteiger partial charge >= 0.3 is 0 Å². The first kappa shape index (κ1) is 14.8. The topological polar surface area (TPSA) is 66.6 Å². The van der Waals surface area contributed by atoms with Crippen LogP contribution in [-0.4, -0.2) is 49.8 Å². The summed E-state index contributed by atoms with van der Waals surface area (Å²) in [6, 6.07) is 8.02. The maximum Gasteiger partial charge on any atom is 0.218 e. The van der Waals surface area contributed by atoms with E-state index in [0.717, 1.165) is 18.4 Å². The maximum absolute atomic E-state index is 12.7. The molecule has 2 aliphatic rings. The minimum Gasteiger partial charge on any atom is -0.399 e. The lowest BCUT2D eigenvalue weighted by molar-refractivity contribution is 0.246. The largest absolute Gasteiger partial charge is 0.399 e. The van der Waals surface area contributed by atoms with E-state index in [2.05, 4.69) is 11.9 Å². The summed E-state index contributed by atoms with van der Waals surface area (Å²) in [6.45, 7) is 1.27. The first-order valence-electron chi connectivity index (χ1n) is 7.50. The molecule has 2 N–H and O–H groups in total. The van der Waals surface area contributed by atoms with E-state index < -0.39 is 10.0 Å². The molecule has 0 aromatic heterocycles. The van der Waals surface area contributed by atoms with Gasteiger partial charge in [0, 0.05) is 30.9 Å². The van der Waals surface area contributed by atoms with Crippen LogP contribution in [0.4, 0.5) is 5.69 Å².